The Hall–Kier alpha value is -0.620. The lowest BCUT2D eigenvalue weighted by Gasteiger charge is -1.99. The maximum Gasteiger partial charge on any atom is 0.196 e. The number of hydrogen-bond donors (Lipinski definition) is 0. The maximum atomic E-state index is 12.9. The van der Waals surface area contributed by atoms with Gasteiger partial charge in [-0.3, -0.25) is 0 Å². The van der Waals surface area contributed by atoms with Crippen LogP contribution in [0.15, 0.2) is 28.8 Å². The summed E-state index contributed by atoms with van der Waals surface area (Å²) in [7, 11) is 0. The molecule has 0 fully saturated rings. The molecule has 0 unspecified atom stereocenters. The van der Waals surface area contributed by atoms with Crippen LogP contribution in [0.1, 0.15) is 5.89 Å². The summed E-state index contributed by atoms with van der Waals surface area (Å²) in [5.41, 5.74) is 0.843. The van der Waals surface area contributed by atoms with E-state index in [0.717, 1.165) is 9.13 Å². The minimum atomic E-state index is -0.256. The van der Waals surface area contributed by atoms with E-state index in [1.54, 1.807) is 12.3 Å². The Morgan fingerprint density at radius 1 is 1.44 bits per heavy atom. The van der Waals surface area contributed by atoms with Crippen LogP contribution < -0.4 is 0 Å². The van der Waals surface area contributed by atoms with Crippen LogP contribution in [0.2, 0.25) is 0 Å². The molecule has 0 radical (unpaired) electrons. The summed E-state index contributed by atoms with van der Waals surface area (Å²) in [5.74, 6) is 1.46. The topological polar surface area (TPSA) is 26.0 Å². The molecule has 16 heavy (non-hydrogen) atoms. The van der Waals surface area contributed by atoms with Crippen LogP contribution in [-0.4, -0.2) is 10.9 Å². The highest BCUT2D eigenvalue weighted by Gasteiger charge is 2.09. The maximum absolute atomic E-state index is 12.9. The fourth-order valence-electron chi connectivity index (χ4n) is 1.32. The Kier molecular flexibility index (Phi) is 3.81. The van der Waals surface area contributed by atoms with Crippen molar-refractivity contribution in [3.63, 3.8) is 0 Å². The predicted octanol–water partition coefficient (Wildman–Crippen LogP) is 3.87. The molecule has 2 aromatic rings. The fourth-order valence-corrected chi connectivity index (χ4v) is 2.23. The van der Waals surface area contributed by atoms with E-state index in [-0.39, 0.29) is 5.82 Å². The zero-order valence-corrected chi connectivity index (χ0v) is 11.1. The van der Waals surface area contributed by atoms with Crippen LogP contribution in [0.3, 0.4) is 0 Å². The Labute approximate surface area is 111 Å². The quantitative estimate of drug-likeness (QED) is 0.620. The van der Waals surface area contributed by atoms with Gasteiger partial charge in [0.05, 0.1) is 6.20 Å². The monoisotopic (exact) mass is 351 g/mol. The predicted molar refractivity (Wildman–Crippen MR) is 69.0 cm³/mol. The number of aryl methyl sites for hydroxylation is 1. The summed E-state index contributed by atoms with van der Waals surface area (Å²) in [6.07, 6.45) is 2.23. The first-order chi connectivity index (χ1) is 7.70. The van der Waals surface area contributed by atoms with Crippen LogP contribution in [0.25, 0.3) is 11.3 Å². The summed E-state index contributed by atoms with van der Waals surface area (Å²) in [6, 6.07) is 4.54. The lowest BCUT2D eigenvalue weighted by molar-refractivity contribution is 0.514. The number of benzene rings is 1. The third kappa shape index (κ3) is 2.55. The molecular formula is C11H8ClFINO. The second-order valence-corrected chi connectivity index (χ2v) is 4.72. The van der Waals surface area contributed by atoms with Crippen LogP contribution >= 0.6 is 34.2 Å². The Bertz CT molecular complexity index is 500. The minimum absolute atomic E-state index is 0.256. The van der Waals surface area contributed by atoms with Crippen molar-refractivity contribution < 1.29 is 8.81 Å². The van der Waals surface area contributed by atoms with Gasteiger partial charge in [0.1, 0.15) is 5.82 Å². The van der Waals surface area contributed by atoms with Gasteiger partial charge in [0.2, 0.25) is 0 Å². The van der Waals surface area contributed by atoms with E-state index in [9.17, 15) is 4.39 Å². The average molecular weight is 352 g/mol. The molecule has 0 amide bonds. The largest absolute Gasteiger partial charge is 0.441 e. The third-order valence-electron chi connectivity index (χ3n) is 2.06. The highest BCUT2D eigenvalue weighted by molar-refractivity contribution is 14.1. The molecule has 0 N–H and O–H groups in total. The summed E-state index contributed by atoms with van der Waals surface area (Å²) < 4.78 is 19.2. The SMILES string of the molecule is Fc1ccc(-c2cnc(CCCl)o2)c(I)c1. The standard InChI is InChI=1S/C11H8ClFINO/c12-4-3-11-15-6-10(16-11)8-2-1-7(13)5-9(8)14/h1-2,5-6H,3-4H2. The van der Waals surface area contributed by atoms with E-state index >= 15 is 0 Å². The molecule has 0 spiro atoms. The molecule has 1 aromatic heterocycles. The van der Waals surface area contributed by atoms with E-state index in [1.165, 1.54) is 12.1 Å². The molecule has 0 saturated carbocycles. The molecule has 0 atom stereocenters. The first kappa shape index (κ1) is 11.9. The van der Waals surface area contributed by atoms with Crippen LogP contribution in [0.4, 0.5) is 4.39 Å². The number of nitrogens with zero attached hydrogens (tertiary/aromatic N) is 1. The number of hydrogen-bond acceptors (Lipinski definition) is 2. The lowest BCUT2D eigenvalue weighted by Crippen LogP contribution is -1.84. The summed E-state index contributed by atoms with van der Waals surface area (Å²) in [4.78, 5) is 4.10. The molecule has 0 aliphatic rings. The molecule has 0 bridgehead atoms. The van der Waals surface area contributed by atoms with Gasteiger partial charge in [-0.05, 0) is 40.8 Å². The van der Waals surface area contributed by atoms with Gasteiger partial charge in [-0.25, -0.2) is 9.37 Å². The van der Waals surface area contributed by atoms with Crippen LogP contribution in [0, 0.1) is 9.39 Å². The molecule has 0 aliphatic heterocycles. The second-order valence-electron chi connectivity index (χ2n) is 3.18. The fraction of sp³-hybridized carbons (Fsp3) is 0.182. The van der Waals surface area contributed by atoms with Crippen molar-refractivity contribution in [1.29, 1.82) is 0 Å². The van der Waals surface area contributed by atoms with Gasteiger partial charge in [-0.15, -0.1) is 11.6 Å². The highest BCUT2D eigenvalue weighted by Crippen LogP contribution is 2.26. The van der Waals surface area contributed by atoms with E-state index in [4.69, 9.17) is 16.0 Å². The molecule has 5 heteroatoms. The van der Waals surface area contributed by atoms with Crippen molar-refractivity contribution in [2.45, 2.75) is 6.42 Å². The van der Waals surface area contributed by atoms with Gasteiger partial charge in [0.15, 0.2) is 11.7 Å². The summed E-state index contributed by atoms with van der Waals surface area (Å²) >= 11 is 7.66. The van der Waals surface area contributed by atoms with Gasteiger partial charge in [-0.2, -0.15) is 0 Å². The molecule has 1 heterocycles. The van der Waals surface area contributed by atoms with Crippen molar-refractivity contribution in [3.8, 4) is 11.3 Å². The Morgan fingerprint density at radius 3 is 2.94 bits per heavy atom. The van der Waals surface area contributed by atoms with Crippen molar-refractivity contribution >= 4 is 34.2 Å². The average Bonchev–Trinajstić information content (AvgIpc) is 2.67. The summed E-state index contributed by atoms with van der Waals surface area (Å²) in [6.45, 7) is 0. The Balaban J connectivity index is 2.35. The molecule has 2 nitrogen and oxygen atoms in total. The minimum Gasteiger partial charge on any atom is -0.441 e. The van der Waals surface area contributed by atoms with Crippen LogP contribution in [-0.2, 0) is 6.42 Å². The normalized spacial score (nSPS) is 10.7. The molecule has 0 saturated heterocycles. The first-order valence-electron chi connectivity index (χ1n) is 4.67. The molecule has 1 aromatic carbocycles. The van der Waals surface area contributed by atoms with Gasteiger partial charge in [-0.1, -0.05) is 0 Å². The van der Waals surface area contributed by atoms with E-state index < -0.39 is 0 Å². The van der Waals surface area contributed by atoms with Crippen molar-refractivity contribution in [2.24, 2.45) is 0 Å². The van der Waals surface area contributed by atoms with Crippen LogP contribution in [0.5, 0.6) is 0 Å². The number of rotatable bonds is 3. The van der Waals surface area contributed by atoms with E-state index in [0.29, 0.717) is 24.0 Å². The van der Waals surface area contributed by atoms with Gasteiger partial charge < -0.3 is 4.42 Å². The number of alkyl halides is 1. The van der Waals surface area contributed by atoms with Crippen molar-refractivity contribution in [1.82, 2.24) is 4.98 Å². The van der Waals surface area contributed by atoms with Gasteiger partial charge >= 0.3 is 0 Å². The molecule has 84 valence electrons. The van der Waals surface area contributed by atoms with E-state index in [1.807, 2.05) is 0 Å². The second kappa shape index (κ2) is 5.14. The number of halogens is 3. The van der Waals surface area contributed by atoms with Crippen molar-refractivity contribution in [3.05, 3.63) is 39.7 Å². The summed E-state index contributed by atoms with van der Waals surface area (Å²) in [5, 5.41) is 0. The smallest absolute Gasteiger partial charge is 0.196 e. The molecule has 2 rings (SSSR count). The zero-order valence-electron chi connectivity index (χ0n) is 8.21. The zero-order chi connectivity index (χ0) is 11.5. The van der Waals surface area contributed by atoms with Gasteiger partial charge in [0, 0.05) is 21.4 Å². The third-order valence-corrected chi connectivity index (χ3v) is 3.14. The number of oxazole rings is 1. The lowest BCUT2D eigenvalue weighted by atomic mass is 10.2. The molecular weight excluding hydrogens is 343 g/mol. The Morgan fingerprint density at radius 2 is 2.25 bits per heavy atom. The van der Waals surface area contributed by atoms with Gasteiger partial charge in [0.25, 0.3) is 0 Å². The number of aromatic nitrogens is 1. The first-order valence-corrected chi connectivity index (χ1v) is 6.28. The molecule has 0 aliphatic carbocycles. The van der Waals surface area contributed by atoms with E-state index in [2.05, 4.69) is 27.6 Å². The highest BCUT2D eigenvalue weighted by atomic mass is 127. The van der Waals surface area contributed by atoms with Crippen molar-refractivity contribution in [2.75, 3.05) is 5.88 Å².